The molecule has 0 radical (unpaired) electrons. The van der Waals surface area contributed by atoms with Crippen molar-refractivity contribution in [2.75, 3.05) is 26.2 Å². The van der Waals surface area contributed by atoms with Crippen molar-refractivity contribution in [2.24, 2.45) is 0 Å². The summed E-state index contributed by atoms with van der Waals surface area (Å²) >= 11 is 0. The van der Waals surface area contributed by atoms with Crippen LogP contribution in [0.1, 0.15) is 34.0 Å². The van der Waals surface area contributed by atoms with Crippen LogP contribution >= 0.6 is 0 Å². The third-order valence-electron chi connectivity index (χ3n) is 3.83. The molecule has 1 aliphatic rings. The Morgan fingerprint density at radius 1 is 1.26 bits per heavy atom. The second kappa shape index (κ2) is 5.85. The van der Waals surface area contributed by atoms with Gasteiger partial charge in [0.15, 0.2) is 5.78 Å². The standard InChI is InChI=1S/C16H23NO2/c1-11-7-13(3)15(8-12(11)2)16(18)10-17-5-6-19-14(4)9-17/h7-8,14H,5-6,9-10H2,1-4H3. The average Bonchev–Trinajstić information content (AvgIpc) is 2.33. The number of hydrogen-bond donors (Lipinski definition) is 0. The van der Waals surface area contributed by atoms with Gasteiger partial charge in [-0.25, -0.2) is 0 Å². The van der Waals surface area contributed by atoms with Crippen molar-refractivity contribution in [2.45, 2.75) is 33.8 Å². The molecule has 1 aliphatic heterocycles. The smallest absolute Gasteiger partial charge is 0.177 e. The fourth-order valence-corrected chi connectivity index (χ4v) is 2.58. The molecule has 0 N–H and O–H groups in total. The molecule has 3 nitrogen and oxygen atoms in total. The number of Topliss-reactive ketones (excluding diaryl/α,β-unsaturated/α-hetero) is 1. The highest BCUT2D eigenvalue weighted by Gasteiger charge is 2.20. The molecule has 104 valence electrons. The molecule has 1 aromatic carbocycles. The van der Waals surface area contributed by atoms with E-state index in [-0.39, 0.29) is 11.9 Å². The number of nitrogens with zero attached hydrogens (tertiary/aromatic N) is 1. The Bertz CT molecular complexity index is 482. The van der Waals surface area contributed by atoms with Crippen molar-refractivity contribution in [3.05, 3.63) is 34.4 Å². The molecule has 0 bridgehead atoms. The summed E-state index contributed by atoms with van der Waals surface area (Å²) in [5, 5.41) is 0. The Labute approximate surface area is 115 Å². The topological polar surface area (TPSA) is 29.5 Å². The van der Waals surface area contributed by atoms with Crippen molar-refractivity contribution in [3.63, 3.8) is 0 Å². The fraction of sp³-hybridized carbons (Fsp3) is 0.562. The van der Waals surface area contributed by atoms with E-state index in [2.05, 4.69) is 31.7 Å². The third kappa shape index (κ3) is 3.43. The molecule has 1 aromatic rings. The maximum Gasteiger partial charge on any atom is 0.177 e. The number of carbonyl (C=O) groups excluding carboxylic acids is 1. The van der Waals surface area contributed by atoms with Gasteiger partial charge in [0.25, 0.3) is 0 Å². The number of morpholine rings is 1. The Balaban J connectivity index is 2.09. The number of ether oxygens (including phenoxy) is 1. The molecule has 0 saturated carbocycles. The van der Waals surface area contributed by atoms with Crippen molar-refractivity contribution in [3.8, 4) is 0 Å². The summed E-state index contributed by atoms with van der Waals surface area (Å²) in [6.07, 6.45) is 0.224. The molecular weight excluding hydrogens is 238 g/mol. The molecule has 0 aromatic heterocycles. The second-order valence-corrected chi connectivity index (χ2v) is 5.59. The average molecular weight is 261 g/mol. The van der Waals surface area contributed by atoms with Crippen LogP contribution < -0.4 is 0 Å². The quantitative estimate of drug-likeness (QED) is 0.783. The van der Waals surface area contributed by atoms with Crippen molar-refractivity contribution in [1.82, 2.24) is 4.90 Å². The van der Waals surface area contributed by atoms with Crippen molar-refractivity contribution >= 4 is 5.78 Å². The van der Waals surface area contributed by atoms with Gasteiger partial charge < -0.3 is 4.74 Å². The number of rotatable bonds is 3. The Kier molecular flexibility index (Phi) is 4.38. The van der Waals surface area contributed by atoms with Crippen LogP contribution in [-0.2, 0) is 4.74 Å². The van der Waals surface area contributed by atoms with Crippen molar-refractivity contribution in [1.29, 1.82) is 0 Å². The van der Waals surface area contributed by atoms with E-state index >= 15 is 0 Å². The highest BCUT2D eigenvalue weighted by molar-refractivity contribution is 5.99. The molecule has 1 unspecified atom stereocenters. The summed E-state index contributed by atoms with van der Waals surface area (Å²) in [5.41, 5.74) is 4.37. The van der Waals surface area contributed by atoms with Gasteiger partial charge in [-0.2, -0.15) is 0 Å². The summed E-state index contributed by atoms with van der Waals surface area (Å²) in [7, 11) is 0. The number of hydrogen-bond acceptors (Lipinski definition) is 3. The van der Waals surface area contributed by atoms with E-state index < -0.39 is 0 Å². The van der Waals surface area contributed by atoms with Crippen LogP contribution in [0.2, 0.25) is 0 Å². The zero-order valence-corrected chi connectivity index (χ0v) is 12.3. The van der Waals surface area contributed by atoms with Gasteiger partial charge in [0.2, 0.25) is 0 Å². The Morgan fingerprint density at radius 3 is 2.63 bits per heavy atom. The fourth-order valence-electron chi connectivity index (χ4n) is 2.58. The Hall–Kier alpha value is -1.19. The molecular formula is C16H23NO2. The first-order valence-corrected chi connectivity index (χ1v) is 6.92. The predicted molar refractivity (Wildman–Crippen MR) is 76.8 cm³/mol. The second-order valence-electron chi connectivity index (χ2n) is 5.59. The SMILES string of the molecule is Cc1cc(C)c(C(=O)CN2CCOC(C)C2)cc1C. The van der Waals surface area contributed by atoms with Gasteiger partial charge in [0.05, 0.1) is 19.3 Å². The van der Waals surface area contributed by atoms with Gasteiger partial charge in [-0.3, -0.25) is 9.69 Å². The molecule has 3 heteroatoms. The number of benzene rings is 1. The molecule has 1 atom stereocenters. The molecule has 0 spiro atoms. The lowest BCUT2D eigenvalue weighted by molar-refractivity contribution is -0.0158. The number of carbonyl (C=O) groups is 1. The maximum atomic E-state index is 12.4. The zero-order valence-electron chi connectivity index (χ0n) is 12.3. The maximum absolute atomic E-state index is 12.4. The molecule has 1 saturated heterocycles. The highest BCUT2D eigenvalue weighted by atomic mass is 16.5. The first-order valence-electron chi connectivity index (χ1n) is 6.92. The first-order chi connectivity index (χ1) is 8.97. The van der Waals surface area contributed by atoms with E-state index in [9.17, 15) is 4.79 Å². The van der Waals surface area contributed by atoms with Crippen LogP contribution in [0.5, 0.6) is 0 Å². The largest absolute Gasteiger partial charge is 0.376 e. The van der Waals surface area contributed by atoms with Crippen LogP contribution in [0.3, 0.4) is 0 Å². The third-order valence-corrected chi connectivity index (χ3v) is 3.83. The van der Waals surface area contributed by atoms with Gasteiger partial charge in [0.1, 0.15) is 0 Å². The van der Waals surface area contributed by atoms with Crippen molar-refractivity contribution < 1.29 is 9.53 Å². The van der Waals surface area contributed by atoms with E-state index in [4.69, 9.17) is 4.74 Å². The predicted octanol–water partition coefficient (Wildman–Crippen LogP) is 2.52. The van der Waals surface area contributed by atoms with Crippen LogP contribution in [-0.4, -0.2) is 43.0 Å². The van der Waals surface area contributed by atoms with Gasteiger partial charge in [0, 0.05) is 18.7 Å². The van der Waals surface area contributed by atoms with Gasteiger partial charge in [-0.15, -0.1) is 0 Å². The van der Waals surface area contributed by atoms with E-state index in [0.29, 0.717) is 6.54 Å². The minimum absolute atomic E-state index is 0.217. The number of aryl methyl sites for hydroxylation is 3. The molecule has 19 heavy (non-hydrogen) atoms. The van der Waals surface area contributed by atoms with Gasteiger partial charge >= 0.3 is 0 Å². The first kappa shape index (κ1) is 14.2. The van der Waals surface area contributed by atoms with Gasteiger partial charge in [-0.1, -0.05) is 6.07 Å². The summed E-state index contributed by atoms with van der Waals surface area (Å²) in [4.78, 5) is 14.6. The van der Waals surface area contributed by atoms with Crippen LogP contribution in [0, 0.1) is 20.8 Å². The summed E-state index contributed by atoms with van der Waals surface area (Å²) in [6, 6.07) is 4.13. The normalized spacial score (nSPS) is 20.5. The van der Waals surface area contributed by atoms with E-state index in [1.807, 2.05) is 13.0 Å². The lowest BCUT2D eigenvalue weighted by Crippen LogP contribution is -2.43. The minimum Gasteiger partial charge on any atom is -0.376 e. The molecule has 0 amide bonds. The van der Waals surface area contributed by atoms with Crippen LogP contribution in [0.25, 0.3) is 0 Å². The summed E-state index contributed by atoms with van der Waals surface area (Å²) in [6.45, 7) is 11.1. The minimum atomic E-state index is 0.217. The lowest BCUT2D eigenvalue weighted by atomic mass is 9.98. The molecule has 1 fully saturated rings. The highest BCUT2D eigenvalue weighted by Crippen LogP contribution is 2.17. The van der Waals surface area contributed by atoms with Crippen LogP contribution in [0.4, 0.5) is 0 Å². The molecule has 1 heterocycles. The van der Waals surface area contributed by atoms with Crippen LogP contribution in [0.15, 0.2) is 12.1 Å². The van der Waals surface area contributed by atoms with E-state index in [1.165, 1.54) is 11.1 Å². The Morgan fingerprint density at radius 2 is 1.95 bits per heavy atom. The van der Waals surface area contributed by atoms with E-state index in [1.54, 1.807) is 0 Å². The summed E-state index contributed by atoms with van der Waals surface area (Å²) < 4.78 is 5.50. The lowest BCUT2D eigenvalue weighted by Gasteiger charge is -2.30. The monoisotopic (exact) mass is 261 g/mol. The molecule has 2 rings (SSSR count). The number of ketones is 1. The zero-order chi connectivity index (χ0) is 14.0. The molecule has 0 aliphatic carbocycles. The van der Waals surface area contributed by atoms with Gasteiger partial charge in [-0.05, 0) is 50.5 Å². The summed E-state index contributed by atoms with van der Waals surface area (Å²) in [5.74, 6) is 0.217. The van der Waals surface area contributed by atoms with E-state index in [0.717, 1.165) is 30.8 Å².